The second kappa shape index (κ2) is 18.3. The lowest BCUT2D eigenvalue weighted by atomic mass is 9.77. The number of ketones is 2. The maximum absolute atomic E-state index is 15.3. The van der Waals surface area contributed by atoms with Gasteiger partial charge in [-0.2, -0.15) is 21.0 Å². The molecule has 358 valence electrons. The maximum atomic E-state index is 15.3. The Kier molecular flexibility index (Phi) is 11.6. The largest absolute Gasteiger partial charge is 0.459 e. The summed E-state index contributed by atoms with van der Waals surface area (Å²) in [6, 6.07) is 37.7. The summed E-state index contributed by atoms with van der Waals surface area (Å²) in [5, 5.41) is 40.6. The number of hydrogen-bond acceptors (Lipinski definition) is 12. The predicted octanol–water partition coefficient (Wildman–Crippen LogP) is 12.6. The fourth-order valence-corrected chi connectivity index (χ4v) is 11.9. The number of esters is 2. The molecule has 0 fully saturated rings. The van der Waals surface area contributed by atoms with E-state index >= 15 is 9.59 Å². The molecule has 0 atom stereocenters. The standard InChI is InChI=1S/C59H26F4N4O6S2/c60-47-17-39-41(19-49(47)62)55(68)43(53(39)33(23-64)24-65)15-35-11-31-13-45-37(21-51(31)74-35)38-22-52-32(12-36(75-52)16-44-54(34(25-66)26-67)40-18-48(61)50(63)20-42(40)56(44)69)14-46(38)59(45,57(70)72-27-29-7-3-1-4-8-29)58(71)73-28-30-9-5-2-6-10-30/h1-22H,27-28H2/b43-15-,44-16-. The Balaban J connectivity index is 1.11. The number of halogens is 4. The number of hydrogen-bond donors (Lipinski definition) is 0. The number of carbonyl (C=O) groups is 4. The Bertz CT molecular complexity index is 3950. The number of ether oxygens (including phenoxy) is 2. The number of Topliss-reactive ketones (excluding diaryl/α,β-unsaturated/α-hetero) is 2. The van der Waals surface area contributed by atoms with Crippen molar-refractivity contribution in [1.82, 2.24) is 0 Å². The fourth-order valence-electron chi connectivity index (χ4n) is 9.82. The van der Waals surface area contributed by atoms with Gasteiger partial charge < -0.3 is 9.47 Å². The second-order valence-corrected chi connectivity index (χ2v) is 19.6. The smallest absolute Gasteiger partial charge is 0.333 e. The first-order valence-corrected chi connectivity index (χ1v) is 24.1. The second-order valence-electron chi connectivity index (χ2n) is 17.4. The highest BCUT2D eigenvalue weighted by molar-refractivity contribution is 7.20. The Morgan fingerprint density at radius 3 is 1.21 bits per heavy atom. The van der Waals surface area contributed by atoms with Gasteiger partial charge >= 0.3 is 11.9 Å². The van der Waals surface area contributed by atoms with Gasteiger partial charge in [0.15, 0.2) is 34.8 Å². The van der Waals surface area contributed by atoms with Crippen LogP contribution in [-0.2, 0) is 37.7 Å². The van der Waals surface area contributed by atoms with Crippen molar-refractivity contribution in [3.05, 3.63) is 221 Å². The van der Waals surface area contributed by atoms with Crippen LogP contribution in [0.15, 0.2) is 144 Å². The van der Waals surface area contributed by atoms with E-state index in [9.17, 15) is 48.2 Å². The van der Waals surface area contributed by atoms with Crippen molar-refractivity contribution in [1.29, 1.82) is 21.0 Å². The lowest BCUT2D eigenvalue weighted by molar-refractivity contribution is -0.164. The van der Waals surface area contributed by atoms with Gasteiger partial charge in [-0.05, 0) is 128 Å². The van der Waals surface area contributed by atoms with E-state index < -0.39 is 63.3 Å². The summed E-state index contributed by atoms with van der Waals surface area (Å²) in [7, 11) is 0. The van der Waals surface area contributed by atoms with Crippen LogP contribution in [0, 0.1) is 68.6 Å². The molecule has 3 aliphatic carbocycles. The van der Waals surface area contributed by atoms with E-state index in [0.29, 0.717) is 52.2 Å². The van der Waals surface area contributed by atoms with Crippen LogP contribution < -0.4 is 0 Å². The maximum Gasteiger partial charge on any atom is 0.333 e. The molecule has 10 nitrogen and oxygen atoms in total. The SMILES string of the molecule is N#CC(C#N)=C1/C(=C/c2cc3cc4c(cc3s2)-c2cc3sc(/C=C5\C(=O)c6cc(F)c(F)cc6C5=C(C#N)C#N)cc3cc2C4(C(=O)OCc2ccccc2)C(=O)OCc2ccccc2)C(=O)c2cc(F)c(F)cc21. The predicted molar refractivity (Wildman–Crippen MR) is 270 cm³/mol. The fraction of sp³-hybridized carbons (Fsp3) is 0.0508. The van der Waals surface area contributed by atoms with Gasteiger partial charge in [0.2, 0.25) is 5.41 Å². The summed E-state index contributed by atoms with van der Waals surface area (Å²) in [5.41, 5.74) is -2.24. The van der Waals surface area contributed by atoms with Crippen molar-refractivity contribution in [2.24, 2.45) is 0 Å². The molecule has 0 spiro atoms. The molecule has 16 heteroatoms. The molecule has 0 saturated carbocycles. The number of nitrogens with zero attached hydrogens (tertiary/aromatic N) is 4. The molecule has 75 heavy (non-hydrogen) atoms. The average Bonchev–Trinajstić information content (AvgIpc) is 4.25. The summed E-state index contributed by atoms with van der Waals surface area (Å²) >= 11 is 2.34. The van der Waals surface area contributed by atoms with Gasteiger partial charge in [-0.1, -0.05) is 60.7 Å². The van der Waals surface area contributed by atoms with Crippen LogP contribution in [0.25, 0.3) is 54.6 Å². The summed E-state index contributed by atoms with van der Waals surface area (Å²) in [4.78, 5) is 59.2. The number of allylic oxidation sites excluding steroid dienone is 6. The quantitative estimate of drug-likeness (QED) is 0.0467. The van der Waals surface area contributed by atoms with Crippen molar-refractivity contribution in [2.45, 2.75) is 18.6 Å². The van der Waals surface area contributed by atoms with Gasteiger partial charge in [0, 0.05) is 52.6 Å². The Morgan fingerprint density at radius 1 is 0.493 bits per heavy atom. The minimum atomic E-state index is -2.30. The lowest BCUT2D eigenvalue weighted by Gasteiger charge is -2.28. The van der Waals surface area contributed by atoms with Crippen LogP contribution in [-0.4, -0.2) is 23.5 Å². The Labute approximate surface area is 430 Å². The van der Waals surface area contributed by atoms with Crippen molar-refractivity contribution >= 4 is 89.6 Å². The molecule has 2 aromatic heterocycles. The first kappa shape index (κ1) is 47.5. The van der Waals surface area contributed by atoms with Gasteiger partial charge in [-0.25, -0.2) is 17.6 Å². The highest BCUT2D eigenvalue weighted by Crippen LogP contribution is 2.55. The van der Waals surface area contributed by atoms with Crippen molar-refractivity contribution < 1.29 is 46.2 Å². The van der Waals surface area contributed by atoms with Crippen molar-refractivity contribution in [3.8, 4) is 35.4 Å². The van der Waals surface area contributed by atoms with E-state index in [-0.39, 0.29) is 68.9 Å². The highest BCUT2D eigenvalue weighted by Gasteiger charge is 2.58. The van der Waals surface area contributed by atoms with Crippen LogP contribution in [0.2, 0.25) is 0 Å². The molecular formula is C59H26F4N4O6S2. The minimum Gasteiger partial charge on any atom is -0.459 e. The van der Waals surface area contributed by atoms with E-state index in [1.807, 2.05) is 0 Å². The summed E-state index contributed by atoms with van der Waals surface area (Å²) in [5.74, 6) is -8.61. The number of benzene rings is 6. The normalized spacial score (nSPS) is 14.7. The van der Waals surface area contributed by atoms with Crippen LogP contribution in [0.1, 0.15) is 63.9 Å². The average molecular weight is 1030 g/mol. The number of fused-ring (bicyclic) bond motifs is 7. The van der Waals surface area contributed by atoms with Crippen LogP contribution >= 0.6 is 22.7 Å². The lowest BCUT2D eigenvalue weighted by Crippen LogP contribution is -2.45. The van der Waals surface area contributed by atoms with Gasteiger partial charge in [-0.15, -0.1) is 22.7 Å². The van der Waals surface area contributed by atoms with Gasteiger partial charge in [0.05, 0.1) is 0 Å². The molecule has 0 bridgehead atoms. The molecule has 0 radical (unpaired) electrons. The summed E-state index contributed by atoms with van der Waals surface area (Å²) in [6.45, 7) is -0.481. The molecule has 2 heterocycles. The number of thiophene rings is 2. The zero-order chi connectivity index (χ0) is 52.4. The van der Waals surface area contributed by atoms with Gasteiger partial charge in [0.25, 0.3) is 0 Å². The summed E-state index contributed by atoms with van der Waals surface area (Å²) in [6.07, 6.45) is 2.81. The van der Waals surface area contributed by atoms with Crippen LogP contribution in [0.5, 0.6) is 0 Å². The van der Waals surface area contributed by atoms with E-state index in [4.69, 9.17) is 9.47 Å². The van der Waals surface area contributed by atoms with Crippen molar-refractivity contribution in [2.75, 3.05) is 0 Å². The highest BCUT2D eigenvalue weighted by atomic mass is 32.1. The molecular weight excluding hydrogens is 1000 g/mol. The first-order valence-electron chi connectivity index (χ1n) is 22.5. The van der Waals surface area contributed by atoms with E-state index in [1.54, 1.807) is 121 Å². The summed E-state index contributed by atoms with van der Waals surface area (Å²) < 4.78 is 71.6. The monoisotopic (exact) mass is 1030 g/mol. The minimum absolute atomic E-state index is 0.122. The first-order chi connectivity index (χ1) is 36.3. The Morgan fingerprint density at radius 2 is 0.853 bits per heavy atom. The van der Waals surface area contributed by atoms with Gasteiger partial charge in [0.1, 0.15) is 48.6 Å². The zero-order valence-electron chi connectivity index (χ0n) is 38.2. The molecule has 8 aromatic rings. The number of nitriles is 4. The molecule has 0 aliphatic heterocycles. The third kappa shape index (κ3) is 7.64. The van der Waals surface area contributed by atoms with Gasteiger partial charge in [-0.3, -0.25) is 19.2 Å². The number of carbonyl (C=O) groups excluding carboxylic acids is 4. The topological polar surface area (TPSA) is 182 Å². The molecule has 6 aromatic carbocycles. The van der Waals surface area contributed by atoms with E-state index in [0.717, 1.165) is 24.3 Å². The molecule has 0 amide bonds. The molecule has 0 unspecified atom stereocenters. The van der Waals surface area contributed by atoms with Crippen LogP contribution in [0.3, 0.4) is 0 Å². The Hall–Kier alpha value is -9.84. The van der Waals surface area contributed by atoms with Crippen molar-refractivity contribution in [3.63, 3.8) is 0 Å². The van der Waals surface area contributed by atoms with E-state index in [2.05, 4.69) is 0 Å². The third-order valence-electron chi connectivity index (χ3n) is 13.2. The molecule has 0 N–H and O–H groups in total. The van der Waals surface area contributed by atoms with Crippen LogP contribution in [0.4, 0.5) is 17.6 Å². The third-order valence-corrected chi connectivity index (χ3v) is 15.3. The molecule has 11 rings (SSSR count). The molecule has 3 aliphatic rings. The van der Waals surface area contributed by atoms with E-state index in [1.165, 1.54) is 34.8 Å². The zero-order valence-corrected chi connectivity index (χ0v) is 39.8. The number of rotatable bonds is 8. The molecule has 0 saturated heterocycles.